The van der Waals surface area contributed by atoms with Crippen LogP contribution in [0.25, 0.3) is 0 Å². The molecule has 1 atom stereocenters. The quantitative estimate of drug-likeness (QED) is 0.0262. The molecule has 0 aliphatic heterocycles. The molecule has 0 saturated carbocycles. The van der Waals surface area contributed by atoms with Gasteiger partial charge < -0.3 is 14.2 Å². The minimum Gasteiger partial charge on any atom is -0.462 e. The van der Waals surface area contributed by atoms with Gasteiger partial charge in [0.2, 0.25) is 0 Å². The summed E-state index contributed by atoms with van der Waals surface area (Å²) in [5.41, 5.74) is 0. The van der Waals surface area contributed by atoms with Gasteiger partial charge in [-0.3, -0.25) is 14.4 Å². The first kappa shape index (κ1) is 66.3. The third kappa shape index (κ3) is 56.1. The summed E-state index contributed by atoms with van der Waals surface area (Å²) in [5.74, 6) is -1.08. The van der Waals surface area contributed by atoms with Gasteiger partial charge in [0.1, 0.15) is 13.2 Å². The molecule has 71 heavy (non-hydrogen) atoms. The number of hydrogen-bond donors (Lipinski definition) is 0. The molecule has 6 heteroatoms. The van der Waals surface area contributed by atoms with E-state index in [0.29, 0.717) is 6.42 Å². The fraction of sp³-hybridized carbons (Fsp3) is 0.585. The van der Waals surface area contributed by atoms with Crippen molar-refractivity contribution < 1.29 is 28.6 Å². The van der Waals surface area contributed by atoms with Gasteiger partial charge in [0.25, 0.3) is 0 Å². The van der Waals surface area contributed by atoms with Crippen molar-refractivity contribution in [2.75, 3.05) is 13.2 Å². The van der Waals surface area contributed by atoms with Crippen LogP contribution in [0.3, 0.4) is 0 Å². The molecule has 0 N–H and O–H groups in total. The molecule has 0 aromatic carbocycles. The molecule has 398 valence electrons. The summed E-state index contributed by atoms with van der Waals surface area (Å²) in [7, 11) is 0. The average Bonchev–Trinajstić information content (AvgIpc) is 3.37. The average molecular weight is 980 g/mol. The maximum Gasteiger partial charge on any atom is 0.309 e. The van der Waals surface area contributed by atoms with Crippen molar-refractivity contribution in [3.8, 4) is 0 Å². The predicted octanol–water partition coefficient (Wildman–Crippen LogP) is 19.2. The van der Waals surface area contributed by atoms with Crippen molar-refractivity contribution >= 4 is 17.9 Å². The molecular formula is C65H102O6. The largest absolute Gasteiger partial charge is 0.462 e. The van der Waals surface area contributed by atoms with E-state index in [1.807, 2.05) is 6.08 Å². The molecule has 0 radical (unpaired) electrons. The molecule has 0 bridgehead atoms. The standard InChI is InChI=1S/C65H102O6/c1-4-7-10-13-16-19-22-25-28-30-31-32-33-35-37-40-43-46-49-52-55-58-64(67)70-61-62(60-69-63(66)57-54-51-48-45-42-39-36-27-24-21-18-15-12-9-6-3)71-65(68)59-56-53-50-47-44-41-38-34-29-26-23-20-17-14-11-8-5-2/h7-12,16-21,25-29,31-32,36,42,45,51,54,62H,4-6,13-15,22-24,30,33-35,37-41,43-44,46-50,52-53,55-61H2,1-3H3/b10-7-,11-8-,12-9-,19-16-,20-17-,21-18-,28-25-,29-26-,32-31-,36-27-,45-42-,54-51-. The summed E-state index contributed by atoms with van der Waals surface area (Å²) in [6.07, 6.45) is 82.9. The lowest BCUT2D eigenvalue weighted by Gasteiger charge is -2.18. The number of rotatable bonds is 49. The fourth-order valence-electron chi connectivity index (χ4n) is 7.23. The molecule has 0 amide bonds. The van der Waals surface area contributed by atoms with Crippen LogP contribution in [-0.2, 0) is 28.6 Å². The topological polar surface area (TPSA) is 78.9 Å². The molecule has 0 rings (SSSR count). The van der Waals surface area contributed by atoms with Crippen molar-refractivity contribution in [3.63, 3.8) is 0 Å². The third-order valence-electron chi connectivity index (χ3n) is 11.4. The van der Waals surface area contributed by atoms with E-state index in [1.165, 1.54) is 51.4 Å². The molecule has 0 heterocycles. The van der Waals surface area contributed by atoms with Gasteiger partial charge in [-0.05, 0) is 116 Å². The van der Waals surface area contributed by atoms with Crippen LogP contribution in [0.5, 0.6) is 0 Å². The van der Waals surface area contributed by atoms with Gasteiger partial charge in [-0.2, -0.15) is 0 Å². The van der Waals surface area contributed by atoms with Crippen LogP contribution in [0.15, 0.2) is 146 Å². The van der Waals surface area contributed by atoms with Crippen LogP contribution in [0, 0.1) is 0 Å². The number of esters is 3. The lowest BCUT2D eigenvalue weighted by atomic mass is 10.1. The van der Waals surface area contributed by atoms with Crippen LogP contribution < -0.4 is 0 Å². The predicted molar refractivity (Wildman–Crippen MR) is 306 cm³/mol. The van der Waals surface area contributed by atoms with Crippen molar-refractivity contribution in [3.05, 3.63) is 146 Å². The van der Waals surface area contributed by atoms with Crippen LogP contribution in [-0.4, -0.2) is 37.2 Å². The number of carbonyl (C=O) groups excluding carboxylic acids is 3. The first-order valence-corrected chi connectivity index (χ1v) is 28.3. The lowest BCUT2D eigenvalue weighted by molar-refractivity contribution is -0.166. The molecule has 1 unspecified atom stereocenters. The van der Waals surface area contributed by atoms with E-state index in [0.717, 1.165) is 135 Å². The molecule has 0 aromatic rings. The lowest BCUT2D eigenvalue weighted by Crippen LogP contribution is -2.30. The second-order valence-electron chi connectivity index (χ2n) is 18.1. The second kappa shape index (κ2) is 57.9. The molecule has 0 fully saturated rings. The first-order chi connectivity index (χ1) is 35.0. The minimum absolute atomic E-state index is 0.117. The maximum absolute atomic E-state index is 12.9. The highest BCUT2D eigenvalue weighted by molar-refractivity contribution is 5.72. The Morgan fingerprint density at radius 2 is 0.563 bits per heavy atom. The van der Waals surface area contributed by atoms with E-state index in [2.05, 4.69) is 154 Å². The van der Waals surface area contributed by atoms with Gasteiger partial charge in [0, 0.05) is 12.8 Å². The maximum atomic E-state index is 12.9. The van der Waals surface area contributed by atoms with E-state index in [4.69, 9.17) is 14.2 Å². The van der Waals surface area contributed by atoms with Crippen LogP contribution in [0.2, 0.25) is 0 Å². The van der Waals surface area contributed by atoms with Crippen LogP contribution in [0.1, 0.15) is 226 Å². The molecule has 0 spiro atoms. The summed E-state index contributed by atoms with van der Waals surface area (Å²) in [6.45, 7) is 6.19. The fourth-order valence-corrected chi connectivity index (χ4v) is 7.23. The minimum atomic E-state index is -0.834. The van der Waals surface area contributed by atoms with Crippen molar-refractivity contribution in [2.45, 2.75) is 232 Å². The summed E-state index contributed by atoms with van der Waals surface area (Å²) >= 11 is 0. The zero-order valence-electron chi connectivity index (χ0n) is 45.4. The van der Waals surface area contributed by atoms with E-state index < -0.39 is 12.1 Å². The SMILES string of the molecule is CC/C=C\C/C=C\C/C=C\C/C=C\C/C=C\CC(=O)OCC(COC(=O)CCCCCCCCCC/C=C\C/C=C\C/C=C\C/C=C\CC)OC(=O)CCCCCCCCC/C=C\C/C=C\C/C=C\CC. The van der Waals surface area contributed by atoms with E-state index >= 15 is 0 Å². The Kier molecular flexibility index (Phi) is 54.0. The van der Waals surface area contributed by atoms with Gasteiger partial charge in [-0.1, -0.05) is 237 Å². The highest BCUT2D eigenvalue weighted by Crippen LogP contribution is 2.14. The van der Waals surface area contributed by atoms with Gasteiger partial charge in [-0.15, -0.1) is 0 Å². The number of carbonyl (C=O) groups is 3. The molecule has 0 saturated heterocycles. The number of allylic oxidation sites excluding steroid dienone is 23. The summed E-state index contributed by atoms with van der Waals surface area (Å²) < 4.78 is 16.7. The second-order valence-corrected chi connectivity index (χ2v) is 18.1. The van der Waals surface area contributed by atoms with Gasteiger partial charge in [-0.25, -0.2) is 0 Å². The Labute approximate surface area is 436 Å². The smallest absolute Gasteiger partial charge is 0.309 e. The molecular weight excluding hydrogens is 877 g/mol. The molecule has 0 aliphatic rings. The van der Waals surface area contributed by atoms with Crippen molar-refractivity contribution in [1.82, 2.24) is 0 Å². The highest BCUT2D eigenvalue weighted by atomic mass is 16.6. The Bertz CT molecular complexity index is 1590. The Morgan fingerprint density at radius 3 is 0.915 bits per heavy atom. The Morgan fingerprint density at radius 1 is 0.296 bits per heavy atom. The molecule has 0 aromatic heterocycles. The van der Waals surface area contributed by atoms with Gasteiger partial charge in [0.05, 0.1) is 6.42 Å². The number of unbranched alkanes of at least 4 members (excludes halogenated alkanes) is 15. The van der Waals surface area contributed by atoms with Crippen molar-refractivity contribution in [2.24, 2.45) is 0 Å². The first-order valence-electron chi connectivity index (χ1n) is 28.3. The Balaban J connectivity index is 4.52. The van der Waals surface area contributed by atoms with E-state index in [1.54, 1.807) is 6.08 Å². The molecule has 6 nitrogen and oxygen atoms in total. The monoisotopic (exact) mass is 979 g/mol. The summed E-state index contributed by atoms with van der Waals surface area (Å²) in [4.78, 5) is 38.1. The summed E-state index contributed by atoms with van der Waals surface area (Å²) in [5, 5.41) is 0. The zero-order chi connectivity index (χ0) is 51.4. The van der Waals surface area contributed by atoms with E-state index in [9.17, 15) is 14.4 Å². The Hall–Kier alpha value is -4.71. The van der Waals surface area contributed by atoms with Gasteiger partial charge in [0.15, 0.2) is 6.10 Å². The zero-order valence-corrected chi connectivity index (χ0v) is 45.4. The van der Waals surface area contributed by atoms with E-state index in [-0.39, 0.29) is 38.0 Å². The van der Waals surface area contributed by atoms with Crippen LogP contribution >= 0.6 is 0 Å². The molecule has 0 aliphatic carbocycles. The van der Waals surface area contributed by atoms with Crippen LogP contribution in [0.4, 0.5) is 0 Å². The normalized spacial score (nSPS) is 13.2. The third-order valence-corrected chi connectivity index (χ3v) is 11.4. The summed E-state index contributed by atoms with van der Waals surface area (Å²) in [6, 6.07) is 0. The van der Waals surface area contributed by atoms with Crippen molar-refractivity contribution in [1.29, 1.82) is 0 Å². The van der Waals surface area contributed by atoms with Gasteiger partial charge >= 0.3 is 17.9 Å². The highest BCUT2D eigenvalue weighted by Gasteiger charge is 2.19. The number of ether oxygens (including phenoxy) is 3. The number of hydrogen-bond acceptors (Lipinski definition) is 6.